The second-order valence-corrected chi connectivity index (χ2v) is 6.40. The Labute approximate surface area is 125 Å². The van der Waals surface area contributed by atoms with E-state index in [2.05, 4.69) is 45.5 Å². The molecule has 1 aromatic heterocycles. The Kier molecular flexibility index (Phi) is 4.71. The number of thiazole rings is 1. The van der Waals surface area contributed by atoms with E-state index in [0.29, 0.717) is 5.92 Å². The van der Waals surface area contributed by atoms with Crippen LogP contribution in [-0.4, -0.2) is 12.0 Å². The molecule has 0 fully saturated rings. The first-order valence-corrected chi connectivity index (χ1v) is 7.77. The van der Waals surface area contributed by atoms with E-state index in [1.165, 1.54) is 12.1 Å². The van der Waals surface area contributed by atoms with Gasteiger partial charge in [0.15, 0.2) is 0 Å². The van der Waals surface area contributed by atoms with Gasteiger partial charge in [0.05, 0.1) is 11.7 Å². The van der Waals surface area contributed by atoms with Gasteiger partial charge in [0.25, 0.3) is 0 Å². The third-order valence-corrected chi connectivity index (χ3v) is 4.55. The van der Waals surface area contributed by atoms with Gasteiger partial charge < -0.3 is 5.32 Å². The summed E-state index contributed by atoms with van der Waals surface area (Å²) in [5.41, 5.74) is 2.09. The van der Waals surface area contributed by atoms with E-state index >= 15 is 0 Å². The zero-order valence-electron chi connectivity index (χ0n) is 11.1. The summed E-state index contributed by atoms with van der Waals surface area (Å²) in [6.45, 7) is 4.25. The number of rotatable bonds is 4. The van der Waals surface area contributed by atoms with Crippen molar-refractivity contribution in [1.29, 1.82) is 0 Å². The van der Waals surface area contributed by atoms with E-state index in [9.17, 15) is 4.39 Å². The van der Waals surface area contributed by atoms with Gasteiger partial charge in [-0.15, -0.1) is 11.3 Å². The van der Waals surface area contributed by atoms with E-state index in [1.54, 1.807) is 17.4 Å². The monoisotopic (exact) mass is 342 g/mol. The lowest BCUT2D eigenvalue weighted by Crippen LogP contribution is -2.18. The average Bonchev–Trinajstić information content (AvgIpc) is 2.82. The van der Waals surface area contributed by atoms with Crippen LogP contribution in [0.4, 0.5) is 4.39 Å². The molecule has 1 atom stereocenters. The molecule has 1 unspecified atom stereocenters. The van der Waals surface area contributed by atoms with Crippen LogP contribution in [0.5, 0.6) is 0 Å². The Balaban J connectivity index is 2.38. The van der Waals surface area contributed by atoms with Crippen LogP contribution < -0.4 is 5.32 Å². The summed E-state index contributed by atoms with van der Waals surface area (Å²) in [6.07, 6.45) is 0. The Morgan fingerprint density at radius 3 is 2.63 bits per heavy atom. The first-order valence-electron chi connectivity index (χ1n) is 6.10. The summed E-state index contributed by atoms with van der Waals surface area (Å²) in [4.78, 5) is 4.66. The van der Waals surface area contributed by atoms with Gasteiger partial charge in [-0.05, 0) is 30.7 Å². The fourth-order valence-corrected chi connectivity index (χ4v) is 3.53. The second-order valence-electron chi connectivity index (χ2n) is 4.65. The van der Waals surface area contributed by atoms with Gasteiger partial charge >= 0.3 is 0 Å². The molecule has 102 valence electrons. The lowest BCUT2D eigenvalue weighted by atomic mass is 10.1. The highest BCUT2D eigenvalue weighted by Crippen LogP contribution is 2.31. The summed E-state index contributed by atoms with van der Waals surface area (Å²) in [5.74, 6) is 0.173. The molecule has 2 nitrogen and oxygen atoms in total. The molecule has 0 spiro atoms. The Hall–Kier alpha value is -0.780. The van der Waals surface area contributed by atoms with Crippen LogP contribution in [0.15, 0.2) is 28.1 Å². The van der Waals surface area contributed by atoms with E-state index in [4.69, 9.17) is 0 Å². The van der Waals surface area contributed by atoms with Crippen LogP contribution >= 0.6 is 27.3 Å². The predicted molar refractivity (Wildman–Crippen MR) is 81.2 cm³/mol. The minimum absolute atomic E-state index is 0.0209. The third-order valence-electron chi connectivity index (χ3n) is 2.94. The molecule has 0 aliphatic carbocycles. The predicted octanol–water partition coefficient (Wildman–Crippen LogP) is 4.48. The largest absolute Gasteiger partial charge is 0.307 e. The first-order chi connectivity index (χ1) is 9.02. The summed E-state index contributed by atoms with van der Waals surface area (Å²) in [6, 6.07) is 4.72. The highest BCUT2D eigenvalue weighted by molar-refractivity contribution is 9.10. The zero-order valence-corrected chi connectivity index (χ0v) is 13.5. The maximum Gasteiger partial charge on any atom is 0.124 e. The van der Waals surface area contributed by atoms with Crippen molar-refractivity contribution in [3.05, 3.63) is 50.1 Å². The van der Waals surface area contributed by atoms with Crippen LogP contribution in [0, 0.1) is 5.82 Å². The van der Waals surface area contributed by atoms with E-state index in [0.717, 1.165) is 20.7 Å². The van der Waals surface area contributed by atoms with Gasteiger partial charge in [-0.25, -0.2) is 9.37 Å². The molecule has 19 heavy (non-hydrogen) atoms. The van der Waals surface area contributed by atoms with Crippen molar-refractivity contribution >= 4 is 27.3 Å². The molecule has 0 aliphatic rings. The molecule has 1 aromatic carbocycles. The number of nitrogens with one attached hydrogen (secondary N) is 1. The third kappa shape index (κ3) is 3.22. The van der Waals surface area contributed by atoms with Crippen LogP contribution in [-0.2, 0) is 0 Å². The molecular formula is C14H16BrFN2S. The lowest BCUT2D eigenvalue weighted by Gasteiger charge is -2.15. The molecule has 1 N–H and O–H groups in total. The molecule has 5 heteroatoms. The maximum atomic E-state index is 13.2. The van der Waals surface area contributed by atoms with Gasteiger partial charge in [0.1, 0.15) is 10.8 Å². The van der Waals surface area contributed by atoms with E-state index < -0.39 is 0 Å². The van der Waals surface area contributed by atoms with Crippen molar-refractivity contribution in [2.45, 2.75) is 25.8 Å². The smallest absolute Gasteiger partial charge is 0.124 e. The number of halogens is 2. The number of hydrogen-bond acceptors (Lipinski definition) is 3. The number of nitrogens with zero attached hydrogens (tertiary/aromatic N) is 1. The molecule has 1 heterocycles. The summed E-state index contributed by atoms with van der Waals surface area (Å²) >= 11 is 5.05. The van der Waals surface area contributed by atoms with E-state index in [1.807, 2.05) is 7.05 Å². The van der Waals surface area contributed by atoms with Gasteiger partial charge in [-0.2, -0.15) is 0 Å². The molecule has 0 saturated heterocycles. The van der Waals surface area contributed by atoms with E-state index in [-0.39, 0.29) is 11.9 Å². The van der Waals surface area contributed by atoms with Gasteiger partial charge in [-0.3, -0.25) is 0 Å². The molecule has 0 amide bonds. The zero-order chi connectivity index (χ0) is 14.0. The molecule has 0 bridgehead atoms. The van der Waals surface area contributed by atoms with Crippen molar-refractivity contribution in [3.8, 4) is 0 Å². The molecular weight excluding hydrogens is 327 g/mol. The number of benzene rings is 1. The SMILES string of the molecule is CNC(c1nc(C(C)C)cs1)c1ccc(F)cc1Br. The van der Waals surface area contributed by atoms with Crippen LogP contribution in [0.1, 0.15) is 42.1 Å². The Morgan fingerprint density at radius 1 is 1.37 bits per heavy atom. The lowest BCUT2D eigenvalue weighted by molar-refractivity contribution is 0.621. The Bertz CT molecular complexity index is 568. The minimum Gasteiger partial charge on any atom is -0.307 e. The molecule has 2 rings (SSSR count). The quantitative estimate of drug-likeness (QED) is 0.886. The van der Waals surface area contributed by atoms with Gasteiger partial charge in [0, 0.05) is 9.85 Å². The summed E-state index contributed by atoms with van der Waals surface area (Å²) < 4.78 is 13.9. The van der Waals surface area contributed by atoms with Crippen molar-refractivity contribution in [2.75, 3.05) is 7.05 Å². The fourth-order valence-electron chi connectivity index (χ4n) is 1.85. The number of hydrogen-bond donors (Lipinski definition) is 1. The standard InChI is InChI=1S/C14H16BrFN2S/c1-8(2)12-7-19-14(18-12)13(17-3)10-5-4-9(16)6-11(10)15/h4-8,13,17H,1-3H3. The molecule has 0 saturated carbocycles. The average molecular weight is 343 g/mol. The van der Waals surface area contributed by atoms with Gasteiger partial charge in [0.2, 0.25) is 0 Å². The normalized spacial score (nSPS) is 12.9. The highest BCUT2D eigenvalue weighted by Gasteiger charge is 2.19. The number of aromatic nitrogens is 1. The summed E-state index contributed by atoms with van der Waals surface area (Å²) in [7, 11) is 1.89. The fraction of sp³-hybridized carbons (Fsp3) is 0.357. The van der Waals surface area contributed by atoms with Crippen molar-refractivity contribution in [2.24, 2.45) is 0 Å². The van der Waals surface area contributed by atoms with Crippen molar-refractivity contribution in [3.63, 3.8) is 0 Å². The van der Waals surface area contributed by atoms with Crippen molar-refractivity contribution < 1.29 is 4.39 Å². The van der Waals surface area contributed by atoms with Crippen molar-refractivity contribution in [1.82, 2.24) is 10.3 Å². The minimum atomic E-state index is -0.243. The molecule has 2 aromatic rings. The molecule has 0 radical (unpaired) electrons. The topological polar surface area (TPSA) is 24.9 Å². The Morgan fingerprint density at radius 2 is 2.11 bits per heavy atom. The van der Waals surface area contributed by atoms with Crippen LogP contribution in [0.25, 0.3) is 0 Å². The first kappa shape index (κ1) is 14.6. The molecule has 0 aliphatic heterocycles. The maximum absolute atomic E-state index is 13.2. The second kappa shape index (κ2) is 6.11. The van der Waals surface area contributed by atoms with Gasteiger partial charge in [-0.1, -0.05) is 35.8 Å². The van der Waals surface area contributed by atoms with Crippen LogP contribution in [0.3, 0.4) is 0 Å². The van der Waals surface area contributed by atoms with Crippen LogP contribution in [0.2, 0.25) is 0 Å². The summed E-state index contributed by atoms with van der Waals surface area (Å²) in [5, 5.41) is 6.33. The highest BCUT2D eigenvalue weighted by atomic mass is 79.9.